The number of thioether (sulfide) groups is 1. The normalized spacial score (nSPS) is 16.4. The van der Waals surface area contributed by atoms with Gasteiger partial charge in [-0.3, -0.25) is 29.3 Å². The van der Waals surface area contributed by atoms with E-state index < -0.39 is 10.3 Å². The number of hydrogen-bond acceptors (Lipinski definition) is 5. The van der Waals surface area contributed by atoms with Gasteiger partial charge < -0.3 is 0 Å². The first-order valence-electron chi connectivity index (χ1n) is 8.92. The Morgan fingerprint density at radius 3 is 2.34 bits per heavy atom. The fraction of sp³-hybridized carbons (Fsp3) is 0.200. The Kier molecular flexibility index (Phi) is 4.75. The molecule has 0 aliphatic carbocycles. The van der Waals surface area contributed by atoms with E-state index in [4.69, 9.17) is 0 Å². The maximum Gasteiger partial charge on any atom is 0.295 e. The number of carbonyl (C=O) groups is 1. The number of hydrogen-bond donors (Lipinski definition) is 0. The molecule has 3 aromatic rings. The molecule has 1 amide bonds. The third-order valence-corrected chi connectivity index (χ3v) is 6.23. The van der Waals surface area contributed by atoms with E-state index in [1.807, 2.05) is 30.3 Å². The summed E-state index contributed by atoms with van der Waals surface area (Å²) in [5.41, 5.74) is 2.15. The Morgan fingerprint density at radius 2 is 1.72 bits per heavy atom. The molecule has 29 heavy (non-hydrogen) atoms. The smallest absolute Gasteiger partial charge is 0.288 e. The lowest BCUT2D eigenvalue weighted by Gasteiger charge is -2.23. The maximum absolute atomic E-state index is 13.3. The number of anilines is 1. The molecule has 148 valence electrons. The first kappa shape index (κ1) is 19.0. The summed E-state index contributed by atoms with van der Waals surface area (Å²) < 4.78 is 3.27. The number of nitro groups is 1. The van der Waals surface area contributed by atoms with Crippen molar-refractivity contribution in [1.82, 2.24) is 9.36 Å². The van der Waals surface area contributed by atoms with E-state index in [2.05, 4.69) is 0 Å². The largest absolute Gasteiger partial charge is 0.295 e. The second kappa shape index (κ2) is 7.25. The molecule has 0 radical (unpaired) electrons. The van der Waals surface area contributed by atoms with E-state index in [0.717, 1.165) is 5.56 Å². The number of carbonyl (C=O) groups excluding carboxylic acids is 1. The molecule has 1 atom stereocenters. The third-order valence-electron chi connectivity index (χ3n) is 5.02. The van der Waals surface area contributed by atoms with Crippen molar-refractivity contribution in [1.29, 1.82) is 0 Å². The average molecular weight is 410 g/mol. The Balaban J connectivity index is 1.81. The van der Waals surface area contributed by atoms with Crippen LogP contribution < -0.4 is 10.5 Å². The summed E-state index contributed by atoms with van der Waals surface area (Å²) in [5, 5.41) is 10.5. The van der Waals surface area contributed by atoms with Gasteiger partial charge in [-0.15, -0.1) is 11.8 Å². The number of benzene rings is 2. The molecule has 1 aliphatic heterocycles. The zero-order valence-corrected chi connectivity index (χ0v) is 16.6. The second-order valence-corrected chi connectivity index (χ2v) is 7.75. The SMILES string of the molecule is Cc1c(N2C(=O)CS[C@@H]2c2ccc([N+](=O)[O-])cc2)c(=O)n(-c2ccccc2)n1C. The van der Waals surface area contributed by atoms with Gasteiger partial charge in [0.2, 0.25) is 5.91 Å². The minimum Gasteiger partial charge on any atom is -0.288 e. The van der Waals surface area contributed by atoms with Gasteiger partial charge in [0.1, 0.15) is 11.1 Å². The lowest BCUT2D eigenvalue weighted by atomic mass is 10.1. The number of nitrogens with zero attached hydrogens (tertiary/aromatic N) is 4. The van der Waals surface area contributed by atoms with Crippen LogP contribution in [0.2, 0.25) is 0 Å². The van der Waals surface area contributed by atoms with Gasteiger partial charge in [0.05, 0.1) is 22.1 Å². The highest BCUT2D eigenvalue weighted by atomic mass is 32.2. The first-order chi connectivity index (χ1) is 13.9. The summed E-state index contributed by atoms with van der Waals surface area (Å²) in [6.07, 6.45) is 0. The van der Waals surface area contributed by atoms with Crippen molar-refractivity contribution in [2.24, 2.45) is 7.05 Å². The number of amides is 1. The monoisotopic (exact) mass is 410 g/mol. The maximum atomic E-state index is 13.3. The van der Waals surface area contributed by atoms with Crippen LogP contribution in [0.3, 0.4) is 0 Å². The van der Waals surface area contributed by atoms with Crippen molar-refractivity contribution in [2.75, 3.05) is 10.7 Å². The highest BCUT2D eigenvalue weighted by Crippen LogP contribution is 2.42. The molecule has 0 bridgehead atoms. The molecule has 1 aromatic heterocycles. The van der Waals surface area contributed by atoms with Crippen LogP contribution in [0.4, 0.5) is 11.4 Å². The van der Waals surface area contributed by atoms with Crippen molar-refractivity contribution < 1.29 is 9.72 Å². The van der Waals surface area contributed by atoms with E-state index in [1.54, 1.807) is 30.8 Å². The number of nitro benzene ring substituents is 1. The van der Waals surface area contributed by atoms with Crippen LogP contribution in [-0.4, -0.2) is 25.9 Å². The van der Waals surface area contributed by atoms with Crippen molar-refractivity contribution in [3.05, 3.63) is 86.3 Å². The molecule has 4 rings (SSSR count). The first-order valence-corrected chi connectivity index (χ1v) is 9.97. The van der Waals surface area contributed by atoms with Gasteiger partial charge in [-0.25, -0.2) is 4.68 Å². The Hall–Kier alpha value is -3.33. The van der Waals surface area contributed by atoms with Gasteiger partial charge in [0.25, 0.3) is 11.2 Å². The molecule has 1 saturated heterocycles. The van der Waals surface area contributed by atoms with E-state index in [-0.39, 0.29) is 22.9 Å². The Bertz CT molecular complexity index is 1150. The van der Waals surface area contributed by atoms with Crippen LogP contribution in [0.15, 0.2) is 59.4 Å². The average Bonchev–Trinajstić information content (AvgIpc) is 3.19. The predicted octanol–water partition coefficient (Wildman–Crippen LogP) is 3.17. The fourth-order valence-electron chi connectivity index (χ4n) is 3.50. The summed E-state index contributed by atoms with van der Waals surface area (Å²) in [4.78, 5) is 38.0. The second-order valence-electron chi connectivity index (χ2n) is 6.69. The zero-order chi connectivity index (χ0) is 20.7. The van der Waals surface area contributed by atoms with Gasteiger partial charge in [-0.05, 0) is 36.8 Å². The van der Waals surface area contributed by atoms with Crippen molar-refractivity contribution in [2.45, 2.75) is 12.3 Å². The van der Waals surface area contributed by atoms with E-state index in [0.29, 0.717) is 17.1 Å². The van der Waals surface area contributed by atoms with Crippen LogP contribution in [0.5, 0.6) is 0 Å². The van der Waals surface area contributed by atoms with Gasteiger partial charge in [-0.1, -0.05) is 18.2 Å². The van der Waals surface area contributed by atoms with Gasteiger partial charge in [-0.2, -0.15) is 0 Å². The highest BCUT2D eigenvalue weighted by Gasteiger charge is 2.38. The lowest BCUT2D eigenvalue weighted by molar-refractivity contribution is -0.384. The molecule has 0 spiro atoms. The molecular formula is C20H18N4O4S. The molecule has 8 nitrogen and oxygen atoms in total. The standard InChI is InChI=1S/C20H18N4O4S/c1-13-18(19(26)23(21(13)2)15-6-4-3-5-7-15)22-17(25)12-29-20(22)14-8-10-16(11-9-14)24(27)28/h3-11,20H,12H2,1-2H3/t20-/m1/s1. The molecule has 9 heteroatoms. The highest BCUT2D eigenvalue weighted by molar-refractivity contribution is 8.00. The topological polar surface area (TPSA) is 90.4 Å². The minimum absolute atomic E-state index is 0.0167. The molecule has 0 unspecified atom stereocenters. The molecule has 1 fully saturated rings. The fourth-order valence-corrected chi connectivity index (χ4v) is 4.67. The molecule has 1 aliphatic rings. The number of para-hydroxylation sites is 1. The third kappa shape index (κ3) is 3.13. The molecular weight excluding hydrogens is 392 g/mol. The number of non-ortho nitro benzene ring substituents is 1. The zero-order valence-electron chi connectivity index (χ0n) is 15.8. The van der Waals surface area contributed by atoms with E-state index in [9.17, 15) is 19.7 Å². The summed E-state index contributed by atoms with van der Waals surface area (Å²) >= 11 is 1.40. The van der Waals surface area contributed by atoms with Crippen LogP contribution in [0.25, 0.3) is 5.69 Å². The minimum atomic E-state index is -0.464. The molecule has 0 saturated carbocycles. The van der Waals surface area contributed by atoms with Gasteiger partial charge in [0.15, 0.2) is 0 Å². The lowest BCUT2D eigenvalue weighted by Crippen LogP contribution is -2.33. The number of rotatable bonds is 4. The predicted molar refractivity (Wildman–Crippen MR) is 112 cm³/mol. The van der Waals surface area contributed by atoms with Gasteiger partial charge >= 0.3 is 0 Å². The number of aromatic nitrogens is 2. The van der Waals surface area contributed by atoms with Crippen molar-refractivity contribution in [3.63, 3.8) is 0 Å². The van der Waals surface area contributed by atoms with E-state index >= 15 is 0 Å². The molecule has 2 aromatic carbocycles. The van der Waals surface area contributed by atoms with Crippen LogP contribution in [0.1, 0.15) is 16.6 Å². The molecule has 2 heterocycles. The Labute approximate surface area is 170 Å². The summed E-state index contributed by atoms with van der Waals surface area (Å²) in [5.74, 6) is 0.0742. The molecule has 0 N–H and O–H groups in total. The van der Waals surface area contributed by atoms with Crippen LogP contribution in [-0.2, 0) is 11.8 Å². The summed E-state index contributed by atoms with van der Waals surface area (Å²) in [6, 6.07) is 15.3. The van der Waals surface area contributed by atoms with Crippen LogP contribution in [0, 0.1) is 17.0 Å². The van der Waals surface area contributed by atoms with Crippen molar-refractivity contribution in [3.8, 4) is 5.69 Å². The quantitative estimate of drug-likeness (QED) is 0.487. The summed E-state index contributed by atoms with van der Waals surface area (Å²) in [6.45, 7) is 1.80. The van der Waals surface area contributed by atoms with Gasteiger partial charge in [0, 0.05) is 19.2 Å². The van der Waals surface area contributed by atoms with E-state index in [1.165, 1.54) is 33.5 Å². The summed E-state index contributed by atoms with van der Waals surface area (Å²) in [7, 11) is 1.78. The van der Waals surface area contributed by atoms with Crippen molar-refractivity contribution >= 4 is 29.0 Å². The van der Waals surface area contributed by atoms with Crippen LogP contribution >= 0.6 is 11.8 Å². The Morgan fingerprint density at radius 1 is 1.07 bits per heavy atom.